The van der Waals surface area contributed by atoms with Crippen LogP contribution in [0.25, 0.3) is 0 Å². The van der Waals surface area contributed by atoms with Crippen molar-refractivity contribution in [2.24, 2.45) is 0 Å². The molecule has 0 radical (unpaired) electrons. The number of nitrogens with zero attached hydrogens (tertiary/aromatic N) is 3. The first-order valence-corrected chi connectivity index (χ1v) is 6.22. The Balaban J connectivity index is 1.67. The van der Waals surface area contributed by atoms with Gasteiger partial charge in [-0.25, -0.2) is 4.98 Å². The van der Waals surface area contributed by atoms with Gasteiger partial charge in [-0.05, 0) is 19.3 Å². The van der Waals surface area contributed by atoms with E-state index in [4.69, 9.17) is 11.6 Å². The molecule has 4 heteroatoms. The van der Waals surface area contributed by atoms with E-state index in [0.29, 0.717) is 11.9 Å². The molecule has 2 heterocycles. The van der Waals surface area contributed by atoms with Crippen LogP contribution < -0.4 is 0 Å². The minimum absolute atomic E-state index is 0.520. The minimum atomic E-state index is 0.520. The van der Waals surface area contributed by atoms with Crippen molar-refractivity contribution in [2.75, 3.05) is 13.1 Å². The Hall–Kier alpha value is -0.540. The predicted molar refractivity (Wildman–Crippen MR) is 60.0 cm³/mol. The van der Waals surface area contributed by atoms with E-state index in [9.17, 15) is 0 Å². The third-order valence-corrected chi connectivity index (χ3v) is 3.75. The fourth-order valence-electron chi connectivity index (χ4n) is 2.43. The van der Waals surface area contributed by atoms with Crippen LogP contribution in [0.1, 0.15) is 31.0 Å². The Morgan fingerprint density at radius 1 is 1.33 bits per heavy atom. The standard InChI is InChI=1S/C11H16ClN3/c12-5-9-6-15(8-13-9)11-3-4-14(7-11)10-1-2-10/h6,8,10-11H,1-5,7H2. The molecule has 1 atom stereocenters. The molecule has 1 aliphatic heterocycles. The summed E-state index contributed by atoms with van der Waals surface area (Å²) in [5.74, 6) is 0.520. The number of alkyl halides is 1. The number of hydrogen-bond donors (Lipinski definition) is 0. The van der Waals surface area contributed by atoms with Crippen LogP contribution in [0.3, 0.4) is 0 Å². The van der Waals surface area contributed by atoms with Gasteiger partial charge in [-0.15, -0.1) is 11.6 Å². The largest absolute Gasteiger partial charge is 0.333 e. The second-order valence-electron chi connectivity index (χ2n) is 4.61. The highest BCUT2D eigenvalue weighted by Gasteiger charge is 2.34. The molecule has 3 rings (SSSR count). The molecule has 0 N–H and O–H groups in total. The van der Waals surface area contributed by atoms with E-state index in [0.717, 1.165) is 11.7 Å². The molecule has 2 aliphatic rings. The quantitative estimate of drug-likeness (QED) is 0.734. The van der Waals surface area contributed by atoms with Crippen LogP contribution >= 0.6 is 11.6 Å². The Morgan fingerprint density at radius 2 is 2.20 bits per heavy atom. The summed E-state index contributed by atoms with van der Waals surface area (Å²) in [6.07, 6.45) is 8.09. The van der Waals surface area contributed by atoms with Gasteiger partial charge in [-0.3, -0.25) is 4.90 Å². The average Bonchev–Trinajstić information content (AvgIpc) is 2.84. The number of likely N-dealkylation sites (tertiary alicyclic amines) is 1. The normalized spacial score (nSPS) is 27.4. The summed E-state index contributed by atoms with van der Waals surface area (Å²) < 4.78 is 2.24. The Labute approximate surface area is 95.0 Å². The number of halogens is 1. The van der Waals surface area contributed by atoms with Crippen LogP contribution in [0.5, 0.6) is 0 Å². The zero-order chi connectivity index (χ0) is 10.3. The maximum atomic E-state index is 5.75. The number of aromatic nitrogens is 2. The van der Waals surface area contributed by atoms with Crippen molar-refractivity contribution < 1.29 is 0 Å². The monoisotopic (exact) mass is 225 g/mol. The number of imidazole rings is 1. The lowest BCUT2D eigenvalue weighted by Gasteiger charge is -2.15. The summed E-state index contributed by atoms with van der Waals surface area (Å²) >= 11 is 5.75. The summed E-state index contributed by atoms with van der Waals surface area (Å²) in [4.78, 5) is 6.89. The molecule has 1 aromatic rings. The van der Waals surface area contributed by atoms with E-state index in [-0.39, 0.29) is 0 Å². The molecule has 1 aromatic heterocycles. The van der Waals surface area contributed by atoms with Gasteiger partial charge in [0.2, 0.25) is 0 Å². The van der Waals surface area contributed by atoms with E-state index in [2.05, 4.69) is 20.6 Å². The summed E-state index contributed by atoms with van der Waals surface area (Å²) in [5, 5.41) is 0. The van der Waals surface area contributed by atoms with Crippen molar-refractivity contribution >= 4 is 11.6 Å². The Morgan fingerprint density at radius 3 is 2.87 bits per heavy atom. The lowest BCUT2D eigenvalue weighted by molar-refractivity contribution is 0.313. The maximum Gasteiger partial charge on any atom is 0.0952 e. The van der Waals surface area contributed by atoms with Gasteiger partial charge in [0, 0.05) is 31.4 Å². The second kappa shape index (κ2) is 3.80. The number of hydrogen-bond acceptors (Lipinski definition) is 2. The first-order valence-electron chi connectivity index (χ1n) is 5.69. The molecule has 0 aromatic carbocycles. The summed E-state index contributed by atoms with van der Waals surface area (Å²) in [5.41, 5.74) is 0.988. The first kappa shape index (κ1) is 9.67. The van der Waals surface area contributed by atoms with E-state index < -0.39 is 0 Å². The van der Waals surface area contributed by atoms with Crippen molar-refractivity contribution in [1.82, 2.24) is 14.5 Å². The van der Waals surface area contributed by atoms with E-state index >= 15 is 0 Å². The molecule has 15 heavy (non-hydrogen) atoms. The maximum absolute atomic E-state index is 5.75. The van der Waals surface area contributed by atoms with Crippen molar-refractivity contribution in [1.29, 1.82) is 0 Å². The van der Waals surface area contributed by atoms with E-state index in [1.807, 2.05) is 6.33 Å². The molecular weight excluding hydrogens is 210 g/mol. The van der Waals surface area contributed by atoms with Gasteiger partial charge < -0.3 is 4.57 Å². The lowest BCUT2D eigenvalue weighted by atomic mass is 10.2. The minimum Gasteiger partial charge on any atom is -0.333 e. The molecule has 1 unspecified atom stereocenters. The molecule has 1 aliphatic carbocycles. The Bertz CT molecular complexity index is 345. The van der Waals surface area contributed by atoms with Crippen LogP contribution in [0, 0.1) is 0 Å². The topological polar surface area (TPSA) is 21.1 Å². The molecule has 0 amide bonds. The smallest absolute Gasteiger partial charge is 0.0952 e. The first-order chi connectivity index (χ1) is 7.36. The molecule has 1 saturated carbocycles. The van der Waals surface area contributed by atoms with Gasteiger partial charge in [0.15, 0.2) is 0 Å². The molecular formula is C11H16ClN3. The lowest BCUT2D eigenvalue weighted by Crippen LogP contribution is -2.23. The van der Waals surface area contributed by atoms with Gasteiger partial charge in [0.1, 0.15) is 0 Å². The van der Waals surface area contributed by atoms with Crippen molar-refractivity contribution in [2.45, 2.75) is 37.2 Å². The van der Waals surface area contributed by atoms with Gasteiger partial charge in [0.05, 0.1) is 17.9 Å². The van der Waals surface area contributed by atoms with Crippen LogP contribution in [0.2, 0.25) is 0 Å². The highest BCUT2D eigenvalue weighted by atomic mass is 35.5. The van der Waals surface area contributed by atoms with Crippen LogP contribution in [0.15, 0.2) is 12.5 Å². The van der Waals surface area contributed by atoms with Gasteiger partial charge in [-0.2, -0.15) is 0 Å². The van der Waals surface area contributed by atoms with Crippen LogP contribution in [-0.4, -0.2) is 33.6 Å². The zero-order valence-corrected chi connectivity index (χ0v) is 9.53. The zero-order valence-electron chi connectivity index (χ0n) is 8.77. The van der Waals surface area contributed by atoms with Gasteiger partial charge >= 0.3 is 0 Å². The number of rotatable bonds is 3. The van der Waals surface area contributed by atoms with Crippen molar-refractivity contribution in [3.8, 4) is 0 Å². The highest BCUT2D eigenvalue weighted by molar-refractivity contribution is 6.16. The third kappa shape index (κ3) is 1.91. The predicted octanol–water partition coefficient (Wildman–Crippen LogP) is 2.03. The summed E-state index contributed by atoms with van der Waals surface area (Å²) in [7, 11) is 0. The average molecular weight is 226 g/mol. The van der Waals surface area contributed by atoms with Crippen LogP contribution in [0.4, 0.5) is 0 Å². The van der Waals surface area contributed by atoms with E-state index in [1.165, 1.54) is 32.4 Å². The van der Waals surface area contributed by atoms with Gasteiger partial charge in [-0.1, -0.05) is 0 Å². The molecule has 1 saturated heterocycles. The molecule has 3 nitrogen and oxygen atoms in total. The molecule has 2 fully saturated rings. The SMILES string of the molecule is ClCc1cn(C2CCN(C3CC3)C2)cn1. The summed E-state index contributed by atoms with van der Waals surface area (Å²) in [6, 6.07) is 1.51. The van der Waals surface area contributed by atoms with Gasteiger partial charge in [0.25, 0.3) is 0 Å². The second-order valence-corrected chi connectivity index (χ2v) is 4.88. The fraction of sp³-hybridized carbons (Fsp3) is 0.727. The summed E-state index contributed by atoms with van der Waals surface area (Å²) in [6.45, 7) is 2.45. The molecule has 82 valence electrons. The molecule has 0 spiro atoms. The highest BCUT2D eigenvalue weighted by Crippen LogP contribution is 2.33. The van der Waals surface area contributed by atoms with Crippen LogP contribution in [-0.2, 0) is 5.88 Å². The van der Waals surface area contributed by atoms with E-state index in [1.54, 1.807) is 0 Å². The Kier molecular flexibility index (Phi) is 2.45. The third-order valence-electron chi connectivity index (χ3n) is 3.47. The fourth-order valence-corrected chi connectivity index (χ4v) is 2.57. The molecule has 0 bridgehead atoms. The van der Waals surface area contributed by atoms with Crippen molar-refractivity contribution in [3.63, 3.8) is 0 Å². The van der Waals surface area contributed by atoms with Crippen molar-refractivity contribution in [3.05, 3.63) is 18.2 Å².